The van der Waals surface area contributed by atoms with Gasteiger partial charge in [0.15, 0.2) is 0 Å². The van der Waals surface area contributed by atoms with Gasteiger partial charge in [-0.25, -0.2) is 9.67 Å². The number of hydrogen-bond acceptors (Lipinski definition) is 4. The van der Waals surface area contributed by atoms with Gasteiger partial charge in [0.25, 0.3) is 0 Å². The summed E-state index contributed by atoms with van der Waals surface area (Å²) in [5, 5.41) is 4.15. The molecule has 0 saturated carbocycles. The lowest BCUT2D eigenvalue weighted by Crippen LogP contribution is -2.32. The zero-order valence-corrected chi connectivity index (χ0v) is 14.4. The van der Waals surface area contributed by atoms with E-state index in [1.807, 2.05) is 10.9 Å². The van der Waals surface area contributed by atoms with Crippen LogP contribution in [0.4, 0.5) is 0 Å². The van der Waals surface area contributed by atoms with Crippen LogP contribution in [0.1, 0.15) is 28.3 Å². The van der Waals surface area contributed by atoms with Crippen LogP contribution in [0.25, 0.3) is 0 Å². The van der Waals surface area contributed by atoms with Crippen molar-refractivity contribution in [3.05, 3.63) is 95.7 Å². The third kappa shape index (κ3) is 3.28. The molecule has 0 amide bonds. The SMILES string of the molecule is O=CC=CN1CCc2ccccc2C1c1ccc(Cn2cncn2)cc1. The number of rotatable bonds is 5. The van der Waals surface area contributed by atoms with E-state index >= 15 is 0 Å². The Hall–Kier alpha value is -3.21. The predicted molar refractivity (Wildman–Crippen MR) is 99.5 cm³/mol. The van der Waals surface area contributed by atoms with Crippen LogP contribution in [0, 0.1) is 0 Å². The highest BCUT2D eigenvalue weighted by Gasteiger charge is 2.26. The van der Waals surface area contributed by atoms with Crippen molar-refractivity contribution in [2.75, 3.05) is 6.54 Å². The van der Waals surface area contributed by atoms with Gasteiger partial charge >= 0.3 is 0 Å². The smallest absolute Gasteiger partial charge is 0.144 e. The largest absolute Gasteiger partial charge is 0.366 e. The number of aromatic nitrogens is 3. The molecule has 0 saturated heterocycles. The van der Waals surface area contributed by atoms with Crippen molar-refractivity contribution < 1.29 is 4.79 Å². The number of fused-ring (bicyclic) bond motifs is 1. The van der Waals surface area contributed by atoms with Crippen molar-refractivity contribution in [1.82, 2.24) is 19.7 Å². The maximum absolute atomic E-state index is 10.8. The monoisotopic (exact) mass is 344 g/mol. The van der Waals surface area contributed by atoms with Gasteiger partial charge in [-0.3, -0.25) is 4.79 Å². The number of carbonyl (C=O) groups excluding carboxylic acids is 1. The fraction of sp³-hybridized carbons (Fsp3) is 0.190. The topological polar surface area (TPSA) is 51.0 Å². The maximum Gasteiger partial charge on any atom is 0.144 e. The van der Waals surface area contributed by atoms with E-state index in [9.17, 15) is 4.79 Å². The molecule has 26 heavy (non-hydrogen) atoms. The number of benzene rings is 2. The van der Waals surface area contributed by atoms with Crippen molar-refractivity contribution in [3.8, 4) is 0 Å². The standard InChI is InChI=1S/C21H20N4O/c26-13-3-11-24-12-10-18-4-1-2-5-20(18)21(24)19-8-6-17(7-9-19)14-25-16-22-15-23-25/h1-9,11,13,15-16,21H,10,12,14H2. The molecule has 5 heteroatoms. The van der Waals surface area contributed by atoms with Crippen molar-refractivity contribution in [1.29, 1.82) is 0 Å². The minimum atomic E-state index is 0.122. The molecule has 2 aromatic carbocycles. The van der Waals surface area contributed by atoms with E-state index < -0.39 is 0 Å². The molecule has 0 N–H and O–H groups in total. The lowest BCUT2D eigenvalue weighted by Gasteiger charge is -2.37. The van der Waals surface area contributed by atoms with E-state index in [1.54, 1.807) is 18.7 Å². The van der Waals surface area contributed by atoms with Crippen LogP contribution in [0.15, 0.2) is 73.5 Å². The fourth-order valence-corrected chi connectivity index (χ4v) is 3.57. The molecule has 0 radical (unpaired) electrons. The Balaban J connectivity index is 1.66. The first-order valence-corrected chi connectivity index (χ1v) is 8.72. The van der Waals surface area contributed by atoms with Crippen LogP contribution >= 0.6 is 0 Å². The van der Waals surface area contributed by atoms with Gasteiger partial charge in [0, 0.05) is 12.7 Å². The number of nitrogens with zero attached hydrogens (tertiary/aromatic N) is 4. The van der Waals surface area contributed by atoms with Crippen LogP contribution in [0.2, 0.25) is 0 Å². The second-order valence-electron chi connectivity index (χ2n) is 6.40. The summed E-state index contributed by atoms with van der Waals surface area (Å²) in [5.74, 6) is 0. The Labute approximate surface area is 152 Å². The zero-order valence-electron chi connectivity index (χ0n) is 14.4. The lowest BCUT2D eigenvalue weighted by molar-refractivity contribution is -0.104. The molecule has 4 rings (SSSR count). The molecule has 0 spiro atoms. The fourth-order valence-electron chi connectivity index (χ4n) is 3.57. The van der Waals surface area contributed by atoms with Crippen molar-refractivity contribution >= 4 is 6.29 Å². The summed E-state index contributed by atoms with van der Waals surface area (Å²) in [7, 11) is 0. The molecule has 5 nitrogen and oxygen atoms in total. The first kappa shape index (κ1) is 16.3. The molecule has 0 fully saturated rings. The number of carbonyl (C=O) groups is 1. The summed E-state index contributed by atoms with van der Waals surface area (Å²) in [5.41, 5.74) is 5.08. The number of allylic oxidation sites excluding steroid dienone is 1. The van der Waals surface area contributed by atoms with Gasteiger partial charge in [-0.1, -0.05) is 48.5 Å². The van der Waals surface area contributed by atoms with Gasteiger partial charge in [0.05, 0.1) is 12.6 Å². The van der Waals surface area contributed by atoms with E-state index in [-0.39, 0.29) is 6.04 Å². The molecular formula is C21H20N4O. The van der Waals surface area contributed by atoms with Crippen LogP contribution in [-0.4, -0.2) is 32.5 Å². The average Bonchev–Trinajstić information content (AvgIpc) is 3.20. The Bertz CT molecular complexity index is 900. The lowest BCUT2D eigenvalue weighted by atomic mass is 9.88. The van der Waals surface area contributed by atoms with E-state index in [2.05, 4.69) is 63.5 Å². The maximum atomic E-state index is 10.8. The molecule has 0 bridgehead atoms. The summed E-state index contributed by atoms with van der Waals surface area (Å²) in [6, 6.07) is 17.3. The van der Waals surface area contributed by atoms with E-state index in [0.29, 0.717) is 6.54 Å². The molecule has 1 aliphatic heterocycles. The molecular weight excluding hydrogens is 324 g/mol. The van der Waals surface area contributed by atoms with Crippen LogP contribution < -0.4 is 0 Å². The highest BCUT2D eigenvalue weighted by molar-refractivity contribution is 5.64. The van der Waals surface area contributed by atoms with Gasteiger partial charge in [0.1, 0.15) is 18.9 Å². The van der Waals surface area contributed by atoms with Gasteiger partial charge in [-0.05, 0) is 34.8 Å². The van der Waals surface area contributed by atoms with Crippen molar-refractivity contribution in [2.24, 2.45) is 0 Å². The van der Waals surface area contributed by atoms with E-state index in [0.717, 1.165) is 19.3 Å². The quantitative estimate of drug-likeness (QED) is 0.527. The molecule has 2 heterocycles. The van der Waals surface area contributed by atoms with Gasteiger partial charge in [0.2, 0.25) is 0 Å². The first-order chi connectivity index (χ1) is 12.8. The summed E-state index contributed by atoms with van der Waals surface area (Å²) < 4.78 is 1.81. The Kier molecular flexibility index (Phi) is 4.60. The summed E-state index contributed by atoms with van der Waals surface area (Å²) in [4.78, 5) is 17.0. The predicted octanol–water partition coefficient (Wildman–Crippen LogP) is 2.99. The Morgan fingerprint density at radius 1 is 1.12 bits per heavy atom. The normalized spacial score (nSPS) is 16.6. The average molecular weight is 344 g/mol. The third-order valence-corrected chi connectivity index (χ3v) is 4.78. The van der Waals surface area contributed by atoms with Crippen LogP contribution in [0.3, 0.4) is 0 Å². The highest BCUT2D eigenvalue weighted by Crippen LogP contribution is 2.35. The zero-order chi connectivity index (χ0) is 17.8. The summed E-state index contributed by atoms with van der Waals surface area (Å²) in [6.45, 7) is 1.60. The van der Waals surface area contributed by atoms with Gasteiger partial charge in [-0.2, -0.15) is 5.10 Å². The van der Waals surface area contributed by atoms with Gasteiger partial charge < -0.3 is 4.90 Å². The second-order valence-corrected chi connectivity index (χ2v) is 6.40. The molecule has 1 aliphatic rings. The van der Waals surface area contributed by atoms with Crippen molar-refractivity contribution in [3.63, 3.8) is 0 Å². The van der Waals surface area contributed by atoms with E-state index in [1.165, 1.54) is 22.3 Å². The summed E-state index contributed by atoms with van der Waals surface area (Å²) >= 11 is 0. The minimum absolute atomic E-state index is 0.122. The Morgan fingerprint density at radius 3 is 2.73 bits per heavy atom. The second kappa shape index (κ2) is 7.35. The van der Waals surface area contributed by atoms with Crippen LogP contribution in [-0.2, 0) is 17.8 Å². The molecule has 1 unspecified atom stereocenters. The molecule has 1 atom stereocenters. The van der Waals surface area contributed by atoms with Crippen molar-refractivity contribution in [2.45, 2.75) is 19.0 Å². The molecule has 130 valence electrons. The number of hydrogen-bond donors (Lipinski definition) is 0. The number of aldehydes is 1. The third-order valence-electron chi connectivity index (χ3n) is 4.78. The van der Waals surface area contributed by atoms with Crippen LogP contribution in [0.5, 0.6) is 0 Å². The molecule has 1 aromatic heterocycles. The highest BCUT2D eigenvalue weighted by atomic mass is 16.1. The molecule has 3 aromatic rings. The van der Waals surface area contributed by atoms with Gasteiger partial charge in [-0.15, -0.1) is 0 Å². The molecule has 0 aliphatic carbocycles. The first-order valence-electron chi connectivity index (χ1n) is 8.72. The summed E-state index contributed by atoms with van der Waals surface area (Å²) in [6.07, 6.45) is 8.55. The minimum Gasteiger partial charge on any atom is -0.366 e. The Morgan fingerprint density at radius 2 is 1.96 bits per heavy atom. The van der Waals surface area contributed by atoms with E-state index in [4.69, 9.17) is 0 Å².